The number of nitrogens with two attached hydrogens (primary N) is 2. The van der Waals surface area contributed by atoms with Crippen molar-refractivity contribution in [2.75, 3.05) is 12.3 Å². The van der Waals surface area contributed by atoms with Crippen LogP contribution in [-0.4, -0.2) is 17.5 Å². The number of aromatic amines is 1. The van der Waals surface area contributed by atoms with Gasteiger partial charge in [0.1, 0.15) is 11.6 Å². The molecule has 0 saturated heterocycles. The lowest BCUT2D eigenvalue weighted by molar-refractivity contribution is 0.100. The molecule has 18 heavy (non-hydrogen) atoms. The lowest BCUT2D eigenvalue weighted by atomic mass is 10.1. The number of hydrogen-bond acceptors (Lipinski definition) is 3. The molecule has 0 radical (unpaired) electrons. The first kappa shape index (κ1) is 12.0. The van der Waals surface area contributed by atoms with E-state index in [0.29, 0.717) is 12.3 Å². The predicted octanol–water partition coefficient (Wildman–Crippen LogP) is 1.76. The van der Waals surface area contributed by atoms with Crippen LogP contribution in [0.3, 0.4) is 0 Å². The van der Waals surface area contributed by atoms with Crippen molar-refractivity contribution in [2.24, 2.45) is 5.73 Å². The summed E-state index contributed by atoms with van der Waals surface area (Å²) in [7, 11) is 0. The third-order valence-electron chi connectivity index (χ3n) is 2.59. The monoisotopic (exact) mass is 245 g/mol. The maximum atomic E-state index is 11.2. The molecular weight excluding hydrogens is 230 g/mol. The molecule has 0 saturated carbocycles. The molecule has 5 heteroatoms. The molecule has 0 aliphatic rings. The van der Waals surface area contributed by atoms with Gasteiger partial charge in [0.15, 0.2) is 0 Å². The van der Waals surface area contributed by atoms with Crippen molar-refractivity contribution in [2.45, 2.75) is 6.92 Å². The number of carbonyl (C=O) groups excluding carboxylic acids is 1. The van der Waals surface area contributed by atoms with Gasteiger partial charge in [-0.05, 0) is 25.1 Å². The van der Waals surface area contributed by atoms with Crippen molar-refractivity contribution in [1.29, 1.82) is 0 Å². The minimum absolute atomic E-state index is 0.267. The number of H-pyrrole nitrogens is 1. The van der Waals surface area contributed by atoms with Crippen molar-refractivity contribution in [3.63, 3.8) is 0 Å². The van der Waals surface area contributed by atoms with E-state index in [1.807, 2.05) is 31.2 Å². The highest BCUT2D eigenvalue weighted by atomic mass is 16.5. The molecule has 0 bridgehead atoms. The van der Waals surface area contributed by atoms with E-state index >= 15 is 0 Å². The topological polar surface area (TPSA) is 94.1 Å². The summed E-state index contributed by atoms with van der Waals surface area (Å²) in [6.07, 6.45) is 0. The van der Waals surface area contributed by atoms with Crippen LogP contribution in [0.2, 0.25) is 0 Å². The number of carbonyl (C=O) groups is 1. The van der Waals surface area contributed by atoms with Crippen LogP contribution in [0.1, 0.15) is 17.3 Å². The van der Waals surface area contributed by atoms with Crippen LogP contribution in [-0.2, 0) is 0 Å². The number of para-hydroxylation sites is 1. The standard InChI is InChI=1S/C13H15N3O2/c1-2-18-11-6-4-3-5-8(11)10-7-9(13(15)17)12(14)16-10/h3-7,16H,2,14H2,1H3,(H2,15,17). The van der Waals surface area contributed by atoms with Gasteiger partial charge in [-0.2, -0.15) is 0 Å². The number of anilines is 1. The van der Waals surface area contributed by atoms with Crippen LogP contribution >= 0.6 is 0 Å². The number of ether oxygens (including phenoxy) is 1. The summed E-state index contributed by atoms with van der Waals surface area (Å²) in [4.78, 5) is 14.1. The second-order valence-corrected chi connectivity index (χ2v) is 3.80. The quantitative estimate of drug-likeness (QED) is 0.766. The van der Waals surface area contributed by atoms with Crippen molar-refractivity contribution in [3.8, 4) is 17.0 Å². The zero-order valence-corrected chi connectivity index (χ0v) is 10.1. The first-order chi connectivity index (χ1) is 8.63. The molecule has 1 aromatic carbocycles. The molecule has 0 unspecified atom stereocenters. The van der Waals surface area contributed by atoms with Crippen molar-refractivity contribution >= 4 is 11.7 Å². The molecule has 0 spiro atoms. The van der Waals surface area contributed by atoms with E-state index in [4.69, 9.17) is 16.2 Å². The van der Waals surface area contributed by atoms with E-state index in [9.17, 15) is 4.79 Å². The van der Waals surface area contributed by atoms with Crippen LogP contribution in [0.4, 0.5) is 5.82 Å². The molecular formula is C13H15N3O2. The second-order valence-electron chi connectivity index (χ2n) is 3.80. The summed E-state index contributed by atoms with van der Waals surface area (Å²) < 4.78 is 5.52. The Bertz CT molecular complexity index is 575. The van der Waals surface area contributed by atoms with Crippen LogP contribution < -0.4 is 16.2 Å². The van der Waals surface area contributed by atoms with Gasteiger partial charge in [0, 0.05) is 5.56 Å². The molecule has 0 atom stereocenters. The summed E-state index contributed by atoms with van der Waals surface area (Å²) in [5.41, 5.74) is 12.8. The second kappa shape index (κ2) is 4.83. The minimum Gasteiger partial charge on any atom is -0.493 e. The number of hydrogen-bond donors (Lipinski definition) is 3. The largest absolute Gasteiger partial charge is 0.493 e. The fraction of sp³-hybridized carbons (Fsp3) is 0.154. The van der Waals surface area contributed by atoms with Gasteiger partial charge in [0.05, 0.1) is 17.9 Å². The van der Waals surface area contributed by atoms with E-state index in [1.54, 1.807) is 6.07 Å². The van der Waals surface area contributed by atoms with Gasteiger partial charge in [0.2, 0.25) is 0 Å². The van der Waals surface area contributed by atoms with E-state index in [0.717, 1.165) is 11.3 Å². The molecule has 1 aromatic heterocycles. The van der Waals surface area contributed by atoms with Crippen molar-refractivity contribution < 1.29 is 9.53 Å². The van der Waals surface area contributed by atoms with Gasteiger partial charge in [0.25, 0.3) is 5.91 Å². The van der Waals surface area contributed by atoms with E-state index in [-0.39, 0.29) is 11.4 Å². The maximum absolute atomic E-state index is 11.2. The number of amides is 1. The Balaban J connectivity index is 2.48. The predicted molar refractivity (Wildman–Crippen MR) is 70.3 cm³/mol. The van der Waals surface area contributed by atoms with Crippen molar-refractivity contribution in [1.82, 2.24) is 4.98 Å². The number of primary amides is 1. The Kier molecular flexibility index (Phi) is 3.23. The SMILES string of the molecule is CCOc1ccccc1-c1cc(C(N)=O)c(N)[nH]1. The van der Waals surface area contributed by atoms with Crippen LogP contribution in [0, 0.1) is 0 Å². The van der Waals surface area contributed by atoms with Crippen molar-refractivity contribution in [3.05, 3.63) is 35.9 Å². The Morgan fingerprint density at radius 2 is 2.11 bits per heavy atom. The summed E-state index contributed by atoms with van der Waals surface area (Å²) in [6.45, 7) is 2.48. The van der Waals surface area contributed by atoms with Crippen LogP contribution in [0.25, 0.3) is 11.3 Å². The average Bonchev–Trinajstić information content (AvgIpc) is 2.72. The maximum Gasteiger partial charge on any atom is 0.252 e. The first-order valence-corrected chi connectivity index (χ1v) is 5.64. The zero-order chi connectivity index (χ0) is 13.1. The Hall–Kier alpha value is -2.43. The number of nitrogen functional groups attached to an aromatic ring is 1. The fourth-order valence-electron chi connectivity index (χ4n) is 1.79. The molecule has 5 nitrogen and oxygen atoms in total. The lowest BCUT2D eigenvalue weighted by Crippen LogP contribution is -2.11. The smallest absolute Gasteiger partial charge is 0.252 e. The van der Waals surface area contributed by atoms with E-state index < -0.39 is 5.91 Å². The molecule has 2 aromatic rings. The molecule has 2 rings (SSSR count). The van der Waals surface area contributed by atoms with Gasteiger partial charge in [-0.25, -0.2) is 0 Å². The van der Waals surface area contributed by atoms with Gasteiger partial charge in [-0.15, -0.1) is 0 Å². The first-order valence-electron chi connectivity index (χ1n) is 5.64. The summed E-state index contributed by atoms with van der Waals surface area (Å²) in [6, 6.07) is 9.16. The average molecular weight is 245 g/mol. The van der Waals surface area contributed by atoms with Crippen LogP contribution in [0.5, 0.6) is 5.75 Å². The Labute approximate surface area is 105 Å². The van der Waals surface area contributed by atoms with Gasteiger partial charge in [-0.3, -0.25) is 4.79 Å². The van der Waals surface area contributed by atoms with Gasteiger partial charge >= 0.3 is 0 Å². The van der Waals surface area contributed by atoms with Gasteiger partial charge in [-0.1, -0.05) is 12.1 Å². The van der Waals surface area contributed by atoms with Crippen LogP contribution in [0.15, 0.2) is 30.3 Å². The Morgan fingerprint density at radius 1 is 1.39 bits per heavy atom. The highest BCUT2D eigenvalue weighted by Gasteiger charge is 2.13. The molecule has 1 heterocycles. The third kappa shape index (κ3) is 2.15. The highest BCUT2D eigenvalue weighted by molar-refractivity contribution is 5.99. The normalized spacial score (nSPS) is 10.3. The summed E-state index contributed by atoms with van der Waals surface area (Å²) in [5.74, 6) is 0.449. The number of aromatic nitrogens is 1. The third-order valence-corrected chi connectivity index (χ3v) is 2.59. The molecule has 0 aliphatic heterocycles. The number of benzene rings is 1. The zero-order valence-electron chi connectivity index (χ0n) is 10.1. The van der Waals surface area contributed by atoms with E-state index in [1.165, 1.54) is 0 Å². The summed E-state index contributed by atoms with van der Waals surface area (Å²) in [5, 5.41) is 0. The fourth-order valence-corrected chi connectivity index (χ4v) is 1.79. The lowest BCUT2D eigenvalue weighted by Gasteiger charge is -2.08. The summed E-state index contributed by atoms with van der Waals surface area (Å²) >= 11 is 0. The van der Waals surface area contributed by atoms with E-state index in [2.05, 4.69) is 4.98 Å². The Morgan fingerprint density at radius 3 is 2.72 bits per heavy atom. The molecule has 94 valence electrons. The molecule has 0 fully saturated rings. The highest BCUT2D eigenvalue weighted by Crippen LogP contribution is 2.31. The molecule has 0 aliphatic carbocycles. The molecule has 1 amide bonds. The number of rotatable bonds is 4. The molecule has 5 N–H and O–H groups in total. The van der Waals surface area contributed by atoms with Gasteiger partial charge < -0.3 is 21.2 Å². The number of nitrogens with one attached hydrogen (secondary N) is 1. The minimum atomic E-state index is -0.552.